The lowest BCUT2D eigenvalue weighted by atomic mass is 10.0. The Labute approximate surface area is 212 Å². The van der Waals surface area contributed by atoms with Crippen LogP contribution >= 0.6 is 15.9 Å². The molecule has 0 saturated carbocycles. The zero-order valence-electron chi connectivity index (χ0n) is 19.7. The molecule has 2 aromatic heterocycles. The number of rotatable bonds is 4. The molecule has 182 valence electrons. The molecular formula is C25H26BrN5O3S. The molecule has 5 rings (SSSR count). The quantitative estimate of drug-likeness (QED) is 0.381. The zero-order valence-corrected chi connectivity index (χ0v) is 22.1. The second-order valence-electron chi connectivity index (χ2n) is 9.55. The van der Waals surface area contributed by atoms with Crippen molar-refractivity contribution in [3.8, 4) is 11.3 Å². The Kier molecular flexibility index (Phi) is 5.85. The first kappa shape index (κ1) is 23.8. The average Bonchev–Trinajstić information content (AvgIpc) is 3.26. The maximum Gasteiger partial charge on any atom is 0.264 e. The van der Waals surface area contributed by atoms with Crippen molar-refractivity contribution in [2.75, 3.05) is 16.2 Å². The van der Waals surface area contributed by atoms with Crippen molar-refractivity contribution in [1.82, 2.24) is 14.4 Å². The van der Waals surface area contributed by atoms with E-state index in [1.807, 2.05) is 49.7 Å². The molecule has 0 radical (unpaired) electrons. The van der Waals surface area contributed by atoms with E-state index < -0.39 is 10.0 Å². The highest BCUT2D eigenvalue weighted by Gasteiger charge is 2.33. The number of aromatic nitrogens is 3. The van der Waals surface area contributed by atoms with Crippen LogP contribution in [-0.4, -0.2) is 40.0 Å². The number of aliphatic hydroxyl groups excluding tert-OH is 1. The third-order valence-electron chi connectivity index (χ3n) is 5.90. The molecule has 35 heavy (non-hydrogen) atoms. The van der Waals surface area contributed by atoms with Crippen LogP contribution in [0.25, 0.3) is 16.9 Å². The van der Waals surface area contributed by atoms with Crippen molar-refractivity contribution in [1.29, 1.82) is 0 Å². The van der Waals surface area contributed by atoms with Crippen molar-refractivity contribution in [2.45, 2.75) is 44.2 Å². The van der Waals surface area contributed by atoms with Gasteiger partial charge in [0.25, 0.3) is 10.0 Å². The van der Waals surface area contributed by atoms with Crippen LogP contribution in [0.2, 0.25) is 0 Å². The molecule has 2 aromatic carbocycles. The lowest BCUT2D eigenvalue weighted by Gasteiger charge is -2.32. The maximum atomic E-state index is 13.6. The van der Waals surface area contributed by atoms with Crippen molar-refractivity contribution < 1.29 is 13.5 Å². The van der Waals surface area contributed by atoms with E-state index in [0.29, 0.717) is 40.4 Å². The van der Waals surface area contributed by atoms with E-state index in [2.05, 4.69) is 26.2 Å². The SMILES string of the molecule is CC(C)(C)Nc1nc(-c2cccc(N3CCc4cc(Br)ccc4S3(=O)=O)c2CO)cn2ccnc12. The van der Waals surface area contributed by atoms with Crippen LogP contribution in [0, 0.1) is 0 Å². The minimum Gasteiger partial charge on any atom is -0.392 e. The van der Waals surface area contributed by atoms with Gasteiger partial charge in [-0.3, -0.25) is 4.31 Å². The maximum absolute atomic E-state index is 13.6. The fourth-order valence-corrected chi connectivity index (χ4v) is 6.56. The van der Waals surface area contributed by atoms with E-state index in [9.17, 15) is 13.5 Å². The standard InChI is InChI=1S/C25H26BrN5O3S/c1-25(2,3)29-23-24-27-10-12-30(24)14-20(28-23)18-5-4-6-21(19(18)15-32)31-11-9-16-13-17(26)7-8-22(16)35(31,33)34/h4-8,10,12-14,32H,9,11,15H2,1-3H3,(H,28,29). The minimum absolute atomic E-state index is 0.246. The van der Waals surface area contributed by atoms with Gasteiger partial charge in [0.05, 0.1) is 22.9 Å². The van der Waals surface area contributed by atoms with Crippen LogP contribution in [0.3, 0.4) is 0 Å². The number of nitrogens with one attached hydrogen (secondary N) is 1. The number of fused-ring (bicyclic) bond motifs is 2. The summed E-state index contributed by atoms with van der Waals surface area (Å²) in [5, 5.41) is 13.8. The highest BCUT2D eigenvalue weighted by atomic mass is 79.9. The fourth-order valence-electron chi connectivity index (χ4n) is 4.42. The van der Waals surface area contributed by atoms with Crippen molar-refractivity contribution in [3.63, 3.8) is 0 Å². The molecule has 4 aromatic rings. The lowest BCUT2D eigenvalue weighted by Crippen LogP contribution is -2.38. The lowest BCUT2D eigenvalue weighted by molar-refractivity contribution is 0.282. The third kappa shape index (κ3) is 4.30. The van der Waals surface area contributed by atoms with E-state index in [1.54, 1.807) is 30.5 Å². The number of aliphatic hydroxyl groups is 1. The third-order valence-corrected chi connectivity index (χ3v) is 8.30. The highest BCUT2D eigenvalue weighted by molar-refractivity contribution is 9.10. The van der Waals surface area contributed by atoms with E-state index in [-0.39, 0.29) is 23.6 Å². The summed E-state index contributed by atoms with van der Waals surface area (Å²) in [6.07, 6.45) is 5.95. The minimum atomic E-state index is -3.79. The van der Waals surface area contributed by atoms with Crippen LogP contribution in [0.4, 0.5) is 11.5 Å². The molecule has 0 spiro atoms. The van der Waals surface area contributed by atoms with E-state index >= 15 is 0 Å². The number of sulfonamides is 1. The Balaban J connectivity index is 1.65. The van der Waals surface area contributed by atoms with Crippen LogP contribution in [0.15, 0.2) is 64.4 Å². The molecule has 0 aliphatic carbocycles. The molecule has 2 N–H and O–H groups in total. The number of imidazole rings is 1. The number of nitrogens with zero attached hydrogens (tertiary/aromatic N) is 4. The summed E-state index contributed by atoms with van der Waals surface area (Å²) in [5.74, 6) is 0.611. The normalized spacial score (nSPS) is 15.3. The first-order chi connectivity index (χ1) is 16.6. The fraction of sp³-hybridized carbons (Fsp3) is 0.280. The van der Waals surface area contributed by atoms with Gasteiger partial charge in [0.15, 0.2) is 11.5 Å². The average molecular weight is 556 g/mol. The second-order valence-corrected chi connectivity index (χ2v) is 12.3. The van der Waals surface area contributed by atoms with Gasteiger partial charge in [0.2, 0.25) is 0 Å². The highest BCUT2D eigenvalue weighted by Crippen LogP contribution is 2.38. The Hall–Kier alpha value is -2.95. The molecule has 0 amide bonds. The Morgan fingerprint density at radius 2 is 2.00 bits per heavy atom. The molecule has 1 aliphatic heterocycles. The predicted molar refractivity (Wildman–Crippen MR) is 140 cm³/mol. The van der Waals surface area contributed by atoms with Gasteiger partial charge in [0, 0.05) is 46.3 Å². The molecule has 0 atom stereocenters. The van der Waals surface area contributed by atoms with Crippen molar-refractivity contribution >= 4 is 43.1 Å². The molecule has 0 unspecified atom stereocenters. The molecule has 8 nitrogen and oxygen atoms in total. The van der Waals surface area contributed by atoms with E-state index in [1.165, 1.54) is 4.31 Å². The topological polar surface area (TPSA) is 99.8 Å². The molecule has 0 bridgehead atoms. The summed E-state index contributed by atoms with van der Waals surface area (Å²) in [4.78, 5) is 9.53. The van der Waals surface area contributed by atoms with Gasteiger partial charge in [-0.15, -0.1) is 0 Å². The predicted octanol–water partition coefficient (Wildman–Crippen LogP) is 4.61. The van der Waals surface area contributed by atoms with Crippen molar-refractivity contribution in [3.05, 3.63) is 70.6 Å². The number of anilines is 2. The monoisotopic (exact) mass is 555 g/mol. The molecule has 0 fully saturated rings. The number of benzene rings is 2. The summed E-state index contributed by atoms with van der Waals surface area (Å²) in [7, 11) is -3.79. The number of halogens is 1. The summed E-state index contributed by atoms with van der Waals surface area (Å²) < 4.78 is 31.3. The van der Waals surface area contributed by atoms with Gasteiger partial charge in [-0.2, -0.15) is 0 Å². The van der Waals surface area contributed by atoms with Crippen LogP contribution < -0.4 is 9.62 Å². The molecule has 1 aliphatic rings. The van der Waals surface area contributed by atoms with E-state index in [4.69, 9.17) is 4.98 Å². The molecular weight excluding hydrogens is 530 g/mol. The summed E-state index contributed by atoms with van der Waals surface area (Å²) >= 11 is 3.42. The van der Waals surface area contributed by atoms with Crippen LogP contribution in [-0.2, 0) is 23.1 Å². The molecule has 0 saturated heterocycles. The Bertz CT molecular complexity index is 1540. The van der Waals surface area contributed by atoms with Gasteiger partial charge < -0.3 is 14.8 Å². The van der Waals surface area contributed by atoms with Gasteiger partial charge in [0.1, 0.15) is 0 Å². The largest absolute Gasteiger partial charge is 0.392 e. The van der Waals surface area contributed by atoms with Gasteiger partial charge in [-0.25, -0.2) is 18.4 Å². The first-order valence-corrected chi connectivity index (χ1v) is 13.5. The number of hydrogen-bond donors (Lipinski definition) is 2. The molecule has 10 heteroatoms. The van der Waals surface area contributed by atoms with Gasteiger partial charge >= 0.3 is 0 Å². The summed E-state index contributed by atoms with van der Waals surface area (Å²) in [5.41, 5.74) is 3.45. The summed E-state index contributed by atoms with van der Waals surface area (Å²) in [6.45, 7) is 6.07. The second kappa shape index (κ2) is 8.61. The summed E-state index contributed by atoms with van der Waals surface area (Å²) in [6, 6.07) is 10.6. The number of hydrogen-bond acceptors (Lipinski definition) is 6. The van der Waals surface area contributed by atoms with Gasteiger partial charge in [-0.1, -0.05) is 28.1 Å². The zero-order chi connectivity index (χ0) is 25.0. The first-order valence-electron chi connectivity index (χ1n) is 11.2. The van der Waals surface area contributed by atoms with Crippen LogP contribution in [0.1, 0.15) is 31.9 Å². The Morgan fingerprint density at radius 1 is 1.20 bits per heavy atom. The van der Waals surface area contributed by atoms with Crippen molar-refractivity contribution in [2.24, 2.45) is 0 Å². The van der Waals surface area contributed by atoms with E-state index in [0.717, 1.165) is 10.0 Å². The van der Waals surface area contributed by atoms with Crippen LogP contribution in [0.5, 0.6) is 0 Å². The Morgan fingerprint density at radius 3 is 2.74 bits per heavy atom. The smallest absolute Gasteiger partial charge is 0.264 e. The molecule has 3 heterocycles. The van der Waals surface area contributed by atoms with Gasteiger partial charge in [-0.05, 0) is 57.0 Å².